The topological polar surface area (TPSA) is 26.0 Å². The van der Waals surface area contributed by atoms with E-state index in [4.69, 9.17) is 5.73 Å². The largest absolute Gasteiger partial charge is 0.327 e. The molecule has 0 aromatic rings. The zero-order valence-corrected chi connectivity index (χ0v) is 7.14. The van der Waals surface area contributed by atoms with E-state index in [-0.39, 0.29) is 0 Å². The maximum atomic E-state index is 5.76. The maximum Gasteiger partial charge on any atom is 0.00734 e. The molecule has 2 N–H and O–H groups in total. The van der Waals surface area contributed by atoms with Gasteiger partial charge in [0.15, 0.2) is 0 Å². The molecule has 0 aliphatic carbocycles. The first kappa shape index (κ1) is 9.70. The van der Waals surface area contributed by atoms with Crippen molar-refractivity contribution in [3.8, 4) is 0 Å². The molecule has 0 spiro atoms. The Labute approximate surface area is 64.3 Å². The van der Waals surface area contributed by atoms with Crippen molar-refractivity contribution >= 4 is 0 Å². The van der Waals surface area contributed by atoms with E-state index >= 15 is 0 Å². The fourth-order valence-corrected chi connectivity index (χ4v) is 0.879. The summed E-state index contributed by atoms with van der Waals surface area (Å²) in [6.45, 7) is 8.09. The highest BCUT2D eigenvalue weighted by Gasteiger charge is 2.00. The molecule has 1 unspecified atom stereocenters. The second-order valence-electron chi connectivity index (χ2n) is 3.26. The van der Waals surface area contributed by atoms with Gasteiger partial charge < -0.3 is 5.73 Å². The molecule has 60 valence electrons. The smallest absolute Gasteiger partial charge is 0.00734 e. The second kappa shape index (κ2) is 5.48. The summed E-state index contributed by atoms with van der Waals surface area (Å²) in [7, 11) is 0. The minimum Gasteiger partial charge on any atom is -0.327 e. The highest BCUT2D eigenvalue weighted by molar-refractivity contribution is 4.75. The average Bonchev–Trinajstić information content (AvgIpc) is 1.85. The van der Waals surface area contributed by atoms with E-state index in [0.29, 0.717) is 6.04 Å². The van der Waals surface area contributed by atoms with Gasteiger partial charge in [0.05, 0.1) is 0 Å². The van der Waals surface area contributed by atoms with Crippen LogP contribution in [-0.4, -0.2) is 6.04 Å². The van der Waals surface area contributed by atoms with Crippen molar-refractivity contribution in [2.24, 2.45) is 11.7 Å². The Morgan fingerprint density at radius 2 is 2.00 bits per heavy atom. The summed E-state index contributed by atoms with van der Waals surface area (Å²) in [5.74, 6) is 0.774. The van der Waals surface area contributed by atoms with E-state index < -0.39 is 0 Å². The van der Waals surface area contributed by atoms with E-state index in [1.165, 1.54) is 6.42 Å². The van der Waals surface area contributed by atoms with Crippen LogP contribution < -0.4 is 5.73 Å². The van der Waals surface area contributed by atoms with Gasteiger partial charge in [-0.25, -0.2) is 0 Å². The SMILES string of the molecule is C=CCC(N)CCC(C)C. The molecule has 0 saturated heterocycles. The van der Waals surface area contributed by atoms with Crippen molar-refractivity contribution in [2.45, 2.75) is 39.2 Å². The quantitative estimate of drug-likeness (QED) is 0.584. The summed E-state index contributed by atoms with van der Waals surface area (Å²) in [5, 5.41) is 0. The summed E-state index contributed by atoms with van der Waals surface area (Å²) in [6.07, 6.45) is 5.20. The van der Waals surface area contributed by atoms with Gasteiger partial charge in [-0.15, -0.1) is 6.58 Å². The first-order chi connectivity index (χ1) is 4.66. The van der Waals surface area contributed by atoms with Gasteiger partial charge >= 0.3 is 0 Å². The molecule has 1 nitrogen and oxygen atoms in total. The standard InChI is InChI=1S/C9H19N/c1-4-5-9(10)7-6-8(2)3/h4,8-9H,1,5-7,10H2,2-3H3. The van der Waals surface area contributed by atoms with Crippen LogP contribution >= 0.6 is 0 Å². The van der Waals surface area contributed by atoms with Crippen LogP contribution in [0.5, 0.6) is 0 Å². The lowest BCUT2D eigenvalue weighted by molar-refractivity contribution is 0.499. The van der Waals surface area contributed by atoms with Crippen molar-refractivity contribution in [2.75, 3.05) is 0 Å². The average molecular weight is 141 g/mol. The summed E-state index contributed by atoms with van der Waals surface area (Å²) in [6, 6.07) is 0.333. The molecule has 0 aromatic carbocycles. The first-order valence-electron chi connectivity index (χ1n) is 4.03. The van der Waals surface area contributed by atoms with Crippen LogP contribution in [0.4, 0.5) is 0 Å². The van der Waals surface area contributed by atoms with Crippen LogP contribution in [0.2, 0.25) is 0 Å². The van der Waals surface area contributed by atoms with Crippen LogP contribution in [0.15, 0.2) is 12.7 Å². The third-order valence-electron chi connectivity index (χ3n) is 1.58. The lowest BCUT2D eigenvalue weighted by Crippen LogP contribution is -2.19. The molecule has 1 heteroatoms. The van der Waals surface area contributed by atoms with Gasteiger partial charge in [-0.3, -0.25) is 0 Å². The number of rotatable bonds is 5. The highest BCUT2D eigenvalue weighted by atomic mass is 14.6. The van der Waals surface area contributed by atoms with Crippen molar-refractivity contribution in [1.29, 1.82) is 0 Å². The van der Waals surface area contributed by atoms with E-state index in [1.807, 2.05) is 6.08 Å². The van der Waals surface area contributed by atoms with Gasteiger partial charge in [-0.05, 0) is 25.2 Å². The number of hydrogen-bond acceptors (Lipinski definition) is 1. The Kier molecular flexibility index (Phi) is 5.32. The number of nitrogens with two attached hydrogens (primary N) is 1. The third kappa shape index (κ3) is 5.83. The molecular formula is C9H19N. The summed E-state index contributed by atoms with van der Waals surface area (Å²) < 4.78 is 0. The molecule has 0 rings (SSSR count). The van der Waals surface area contributed by atoms with Crippen LogP contribution in [0.25, 0.3) is 0 Å². The molecule has 0 bridgehead atoms. The fraction of sp³-hybridized carbons (Fsp3) is 0.778. The lowest BCUT2D eigenvalue weighted by atomic mass is 10.0. The van der Waals surface area contributed by atoms with E-state index in [1.54, 1.807) is 0 Å². The molecule has 0 radical (unpaired) electrons. The molecule has 0 aliphatic rings. The molecule has 0 aromatic heterocycles. The second-order valence-corrected chi connectivity index (χ2v) is 3.26. The maximum absolute atomic E-state index is 5.76. The first-order valence-corrected chi connectivity index (χ1v) is 4.03. The van der Waals surface area contributed by atoms with Crippen molar-refractivity contribution in [3.63, 3.8) is 0 Å². The van der Waals surface area contributed by atoms with Crippen molar-refractivity contribution in [3.05, 3.63) is 12.7 Å². The van der Waals surface area contributed by atoms with Gasteiger partial charge in [0.2, 0.25) is 0 Å². The molecule has 0 heterocycles. The van der Waals surface area contributed by atoms with Gasteiger partial charge in [0, 0.05) is 6.04 Å². The molecule has 0 fully saturated rings. The molecule has 0 saturated carbocycles. The Hall–Kier alpha value is -0.300. The highest BCUT2D eigenvalue weighted by Crippen LogP contribution is 2.07. The normalized spacial score (nSPS) is 13.6. The molecule has 10 heavy (non-hydrogen) atoms. The van der Waals surface area contributed by atoms with Crippen LogP contribution in [0, 0.1) is 5.92 Å². The van der Waals surface area contributed by atoms with Crippen molar-refractivity contribution < 1.29 is 0 Å². The predicted octanol–water partition coefficient (Wildman–Crippen LogP) is 2.33. The zero-order chi connectivity index (χ0) is 7.98. The molecule has 1 atom stereocenters. The zero-order valence-electron chi connectivity index (χ0n) is 7.14. The number of hydrogen-bond donors (Lipinski definition) is 1. The summed E-state index contributed by atoms with van der Waals surface area (Å²) in [5.41, 5.74) is 5.76. The van der Waals surface area contributed by atoms with E-state index in [9.17, 15) is 0 Å². The minimum absolute atomic E-state index is 0.333. The van der Waals surface area contributed by atoms with Gasteiger partial charge in [-0.2, -0.15) is 0 Å². The van der Waals surface area contributed by atoms with Gasteiger partial charge in [0.1, 0.15) is 0 Å². The summed E-state index contributed by atoms with van der Waals surface area (Å²) >= 11 is 0. The summed E-state index contributed by atoms with van der Waals surface area (Å²) in [4.78, 5) is 0. The molecule has 0 aliphatic heterocycles. The van der Waals surface area contributed by atoms with Crippen molar-refractivity contribution in [1.82, 2.24) is 0 Å². The Morgan fingerprint density at radius 1 is 1.40 bits per heavy atom. The fourth-order valence-electron chi connectivity index (χ4n) is 0.879. The minimum atomic E-state index is 0.333. The van der Waals surface area contributed by atoms with E-state index in [0.717, 1.165) is 18.8 Å². The Morgan fingerprint density at radius 3 is 2.40 bits per heavy atom. The van der Waals surface area contributed by atoms with Crippen LogP contribution in [-0.2, 0) is 0 Å². The van der Waals surface area contributed by atoms with Crippen LogP contribution in [0.1, 0.15) is 33.1 Å². The predicted molar refractivity (Wildman–Crippen MR) is 46.9 cm³/mol. The van der Waals surface area contributed by atoms with Gasteiger partial charge in [-0.1, -0.05) is 19.9 Å². The van der Waals surface area contributed by atoms with Crippen LogP contribution in [0.3, 0.4) is 0 Å². The Balaban J connectivity index is 3.20. The van der Waals surface area contributed by atoms with Gasteiger partial charge in [0.25, 0.3) is 0 Å². The molecule has 0 amide bonds. The van der Waals surface area contributed by atoms with E-state index in [2.05, 4.69) is 20.4 Å². The third-order valence-corrected chi connectivity index (χ3v) is 1.58. The molecular weight excluding hydrogens is 122 g/mol. The monoisotopic (exact) mass is 141 g/mol. The lowest BCUT2D eigenvalue weighted by Gasteiger charge is -2.09. The Bertz CT molecular complexity index is 86.7.